The third-order valence-electron chi connectivity index (χ3n) is 4.72. The van der Waals surface area contributed by atoms with Crippen LogP contribution < -0.4 is 11.1 Å². The zero-order valence-corrected chi connectivity index (χ0v) is 14.7. The quantitative estimate of drug-likeness (QED) is 0.596. The van der Waals surface area contributed by atoms with Crippen molar-refractivity contribution in [2.24, 2.45) is 11.8 Å². The molecule has 0 bridgehead atoms. The zero-order chi connectivity index (χ0) is 17.8. The van der Waals surface area contributed by atoms with Gasteiger partial charge in [-0.15, -0.1) is 0 Å². The second-order valence-electron chi connectivity index (χ2n) is 6.65. The Labute approximate surface area is 149 Å². The summed E-state index contributed by atoms with van der Waals surface area (Å²) in [7, 11) is 0. The van der Waals surface area contributed by atoms with E-state index in [-0.39, 0.29) is 5.78 Å². The monoisotopic (exact) mass is 332 g/mol. The van der Waals surface area contributed by atoms with Gasteiger partial charge in [0.15, 0.2) is 5.78 Å². The lowest BCUT2D eigenvalue weighted by Crippen LogP contribution is -2.15. The first-order valence-corrected chi connectivity index (χ1v) is 8.67. The molecule has 2 atom stereocenters. The van der Waals surface area contributed by atoms with Gasteiger partial charge in [-0.05, 0) is 60.4 Å². The Morgan fingerprint density at radius 3 is 2.24 bits per heavy atom. The normalized spacial score (nSPS) is 17.2. The van der Waals surface area contributed by atoms with Crippen LogP contribution in [0.2, 0.25) is 0 Å². The van der Waals surface area contributed by atoms with Crippen molar-refractivity contribution < 1.29 is 4.79 Å². The smallest absolute Gasteiger partial charge is 0.193 e. The van der Waals surface area contributed by atoms with Gasteiger partial charge in [-0.25, -0.2) is 0 Å². The van der Waals surface area contributed by atoms with Crippen molar-refractivity contribution in [3.8, 4) is 0 Å². The highest BCUT2D eigenvalue weighted by Gasteiger charge is 2.16. The summed E-state index contributed by atoms with van der Waals surface area (Å²) < 4.78 is 0. The highest BCUT2D eigenvalue weighted by Crippen LogP contribution is 2.26. The second kappa shape index (κ2) is 7.39. The van der Waals surface area contributed by atoms with Crippen molar-refractivity contribution in [1.29, 1.82) is 0 Å². The van der Waals surface area contributed by atoms with Crippen LogP contribution in [-0.2, 0) is 0 Å². The van der Waals surface area contributed by atoms with E-state index in [4.69, 9.17) is 5.73 Å². The summed E-state index contributed by atoms with van der Waals surface area (Å²) in [5.41, 5.74) is 10.1. The number of benzene rings is 2. The summed E-state index contributed by atoms with van der Waals surface area (Å²) in [5, 5.41) is 3.46. The standard InChI is InChI=1S/C22H24N2O/c1-15-4-3-5-21(15)16(2)14-24-20-12-8-18(9-13-20)22(25)17-6-10-19(23)11-7-17/h3-13,15-16,24H,14,23H2,1-2H3/t15?,16-/m1/s1. The molecule has 0 aliphatic heterocycles. The number of carbonyl (C=O) groups excluding carboxylic acids is 1. The molecule has 0 aromatic heterocycles. The van der Waals surface area contributed by atoms with E-state index in [1.807, 2.05) is 24.3 Å². The summed E-state index contributed by atoms with van der Waals surface area (Å²) >= 11 is 0. The van der Waals surface area contributed by atoms with Gasteiger partial charge in [0.1, 0.15) is 0 Å². The summed E-state index contributed by atoms with van der Waals surface area (Å²) in [6.45, 7) is 5.34. The number of rotatable bonds is 6. The molecular formula is C22H24N2O. The van der Waals surface area contributed by atoms with E-state index in [0.29, 0.717) is 28.7 Å². The molecule has 1 aliphatic carbocycles. The van der Waals surface area contributed by atoms with Gasteiger partial charge in [0, 0.05) is 29.0 Å². The third kappa shape index (κ3) is 4.00. The van der Waals surface area contributed by atoms with Gasteiger partial charge >= 0.3 is 0 Å². The highest BCUT2D eigenvalue weighted by atomic mass is 16.1. The molecule has 0 saturated heterocycles. The molecule has 128 valence electrons. The molecular weight excluding hydrogens is 308 g/mol. The van der Waals surface area contributed by atoms with E-state index in [1.54, 1.807) is 24.3 Å². The summed E-state index contributed by atoms with van der Waals surface area (Å²) in [6, 6.07) is 14.7. The molecule has 3 N–H and O–H groups in total. The summed E-state index contributed by atoms with van der Waals surface area (Å²) in [6.07, 6.45) is 6.57. The Hall–Kier alpha value is -2.81. The van der Waals surface area contributed by atoms with E-state index in [0.717, 1.165) is 12.2 Å². The van der Waals surface area contributed by atoms with Crippen LogP contribution in [-0.4, -0.2) is 12.3 Å². The number of anilines is 2. The maximum Gasteiger partial charge on any atom is 0.193 e. The molecule has 3 nitrogen and oxygen atoms in total. The maximum atomic E-state index is 12.5. The Kier molecular flexibility index (Phi) is 5.03. The van der Waals surface area contributed by atoms with Crippen LogP contribution in [0.3, 0.4) is 0 Å². The number of nitrogens with two attached hydrogens (primary N) is 1. The van der Waals surface area contributed by atoms with Crippen molar-refractivity contribution in [2.45, 2.75) is 13.8 Å². The van der Waals surface area contributed by atoms with E-state index in [1.165, 1.54) is 5.57 Å². The van der Waals surface area contributed by atoms with Crippen molar-refractivity contribution in [1.82, 2.24) is 0 Å². The molecule has 0 heterocycles. The molecule has 2 aromatic carbocycles. The highest BCUT2D eigenvalue weighted by molar-refractivity contribution is 6.09. The van der Waals surface area contributed by atoms with Gasteiger partial charge in [0.2, 0.25) is 0 Å². The van der Waals surface area contributed by atoms with Crippen LogP contribution in [0.4, 0.5) is 11.4 Å². The van der Waals surface area contributed by atoms with Crippen molar-refractivity contribution in [3.63, 3.8) is 0 Å². The minimum atomic E-state index is 0.0101. The molecule has 0 amide bonds. The number of nitrogen functional groups attached to an aromatic ring is 1. The fraction of sp³-hybridized carbons (Fsp3) is 0.227. The maximum absolute atomic E-state index is 12.5. The first-order valence-electron chi connectivity index (χ1n) is 8.67. The number of hydrogen-bond acceptors (Lipinski definition) is 3. The van der Waals surface area contributed by atoms with Crippen molar-refractivity contribution in [3.05, 3.63) is 83.5 Å². The van der Waals surface area contributed by atoms with E-state index >= 15 is 0 Å². The Bertz CT molecular complexity index is 801. The van der Waals surface area contributed by atoms with Crippen LogP contribution in [0.5, 0.6) is 0 Å². The van der Waals surface area contributed by atoms with E-state index in [9.17, 15) is 4.79 Å². The molecule has 0 radical (unpaired) electrons. The summed E-state index contributed by atoms with van der Waals surface area (Å²) in [5.74, 6) is 1.01. The molecule has 3 rings (SSSR count). The van der Waals surface area contributed by atoms with Crippen LogP contribution in [0, 0.1) is 11.8 Å². The lowest BCUT2D eigenvalue weighted by Gasteiger charge is -2.18. The van der Waals surface area contributed by atoms with E-state index < -0.39 is 0 Å². The molecule has 3 heteroatoms. The van der Waals surface area contributed by atoms with E-state index in [2.05, 4.69) is 37.4 Å². The number of nitrogens with one attached hydrogen (secondary N) is 1. The average Bonchev–Trinajstić information content (AvgIpc) is 3.06. The second-order valence-corrected chi connectivity index (χ2v) is 6.65. The largest absolute Gasteiger partial charge is 0.399 e. The molecule has 1 unspecified atom stereocenters. The Morgan fingerprint density at radius 1 is 1.08 bits per heavy atom. The van der Waals surface area contributed by atoms with Crippen molar-refractivity contribution >= 4 is 17.2 Å². The first kappa shape index (κ1) is 17.0. The molecule has 25 heavy (non-hydrogen) atoms. The predicted molar refractivity (Wildman–Crippen MR) is 105 cm³/mol. The van der Waals surface area contributed by atoms with Gasteiger partial charge in [-0.1, -0.05) is 37.6 Å². The van der Waals surface area contributed by atoms with Gasteiger partial charge in [0.25, 0.3) is 0 Å². The van der Waals surface area contributed by atoms with Crippen LogP contribution in [0.25, 0.3) is 0 Å². The SMILES string of the molecule is CC1C=CC=C1[C@H](C)CNc1ccc(C(=O)c2ccc(N)cc2)cc1. The molecule has 0 saturated carbocycles. The van der Waals surface area contributed by atoms with Gasteiger partial charge in [-0.2, -0.15) is 0 Å². The first-order chi connectivity index (χ1) is 12.0. The molecule has 0 spiro atoms. The lowest BCUT2D eigenvalue weighted by molar-refractivity contribution is 0.103. The van der Waals surface area contributed by atoms with Crippen molar-refractivity contribution in [2.75, 3.05) is 17.6 Å². The minimum absolute atomic E-state index is 0.0101. The Balaban J connectivity index is 1.60. The summed E-state index contributed by atoms with van der Waals surface area (Å²) in [4.78, 5) is 12.5. The fourth-order valence-corrected chi connectivity index (χ4v) is 3.14. The molecule has 0 fully saturated rings. The number of carbonyl (C=O) groups is 1. The van der Waals surface area contributed by atoms with Gasteiger partial charge in [0.05, 0.1) is 0 Å². The zero-order valence-electron chi connectivity index (χ0n) is 14.7. The number of hydrogen-bond donors (Lipinski definition) is 2. The Morgan fingerprint density at radius 2 is 1.68 bits per heavy atom. The molecule has 2 aromatic rings. The van der Waals surface area contributed by atoms with Crippen LogP contribution >= 0.6 is 0 Å². The third-order valence-corrected chi connectivity index (χ3v) is 4.72. The lowest BCUT2D eigenvalue weighted by atomic mass is 9.93. The topological polar surface area (TPSA) is 55.1 Å². The average molecular weight is 332 g/mol. The minimum Gasteiger partial charge on any atom is -0.399 e. The van der Waals surface area contributed by atoms with Gasteiger partial charge < -0.3 is 11.1 Å². The van der Waals surface area contributed by atoms with Gasteiger partial charge in [-0.3, -0.25) is 4.79 Å². The van der Waals surface area contributed by atoms with Crippen LogP contribution in [0.15, 0.2) is 72.3 Å². The number of ketones is 1. The number of allylic oxidation sites excluding steroid dienone is 3. The predicted octanol–water partition coefficient (Wildman–Crippen LogP) is 4.68. The fourth-order valence-electron chi connectivity index (χ4n) is 3.14. The molecule has 1 aliphatic rings. The van der Waals surface area contributed by atoms with Crippen LogP contribution in [0.1, 0.15) is 29.8 Å².